The summed E-state index contributed by atoms with van der Waals surface area (Å²) in [5.74, 6) is -0.290. The van der Waals surface area contributed by atoms with Gasteiger partial charge in [-0.2, -0.15) is 0 Å². The van der Waals surface area contributed by atoms with E-state index in [-0.39, 0.29) is 17.6 Å². The molecule has 7 heteroatoms. The Morgan fingerprint density at radius 2 is 1.90 bits per heavy atom. The van der Waals surface area contributed by atoms with Gasteiger partial charge in [0.25, 0.3) is 0 Å². The minimum Gasteiger partial charge on any atom is -0.508 e. The number of aromatic hydroxyl groups is 1. The highest BCUT2D eigenvalue weighted by molar-refractivity contribution is 5.79. The van der Waals surface area contributed by atoms with E-state index in [1.807, 2.05) is 20.8 Å². The number of fused-ring (bicyclic) bond motifs is 1. The number of carbonyl (C=O) groups is 1. The summed E-state index contributed by atoms with van der Waals surface area (Å²) in [6, 6.07) is 8.71. The van der Waals surface area contributed by atoms with Crippen LogP contribution in [-0.4, -0.2) is 27.7 Å². The van der Waals surface area contributed by atoms with E-state index in [0.29, 0.717) is 24.1 Å². The molecule has 0 aromatic heterocycles. The number of phenols is 1. The summed E-state index contributed by atoms with van der Waals surface area (Å²) >= 11 is 0. The van der Waals surface area contributed by atoms with Crippen LogP contribution in [0.1, 0.15) is 67.2 Å². The quantitative estimate of drug-likeness (QED) is 0.405. The highest BCUT2D eigenvalue weighted by Crippen LogP contribution is 2.47. The lowest BCUT2D eigenvalue weighted by molar-refractivity contribution is -0.139. The molecule has 0 saturated heterocycles. The molecule has 0 spiro atoms. The van der Waals surface area contributed by atoms with Gasteiger partial charge in [0, 0.05) is 5.56 Å². The van der Waals surface area contributed by atoms with Crippen LogP contribution in [0.4, 0.5) is 5.69 Å². The molecular weight excluding hydrogens is 394 g/mol. The number of phenolic OH excluding ortho intramolecular Hbond substituents is 1. The topological polar surface area (TPSA) is 131 Å². The summed E-state index contributed by atoms with van der Waals surface area (Å²) < 4.78 is 6.44. The molecule has 7 nitrogen and oxygen atoms in total. The summed E-state index contributed by atoms with van der Waals surface area (Å²) in [4.78, 5) is 16.0. The first kappa shape index (κ1) is 22.5. The minimum absolute atomic E-state index is 0.0434. The smallest absolute Gasteiger partial charge is 0.310 e. The molecular formula is C24H31N3O4. The van der Waals surface area contributed by atoms with Crippen molar-refractivity contribution in [2.45, 2.75) is 64.4 Å². The molecule has 0 amide bonds. The maximum Gasteiger partial charge on any atom is 0.310 e. The van der Waals surface area contributed by atoms with Crippen LogP contribution in [0, 0.1) is 13.8 Å². The van der Waals surface area contributed by atoms with Gasteiger partial charge in [0.2, 0.25) is 0 Å². The van der Waals surface area contributed by atoms with E-state index in [0.717, 1.165) is 28.9 Å². The number of rotatable bonds is 6. The van der Waals surface area contributed by atoms with Gasteiger partial charge in [-0.3, -0.25) is 4.79 Å². The zero-order valence-electron chi connectivity index (χ0n) is 18.5. The highest BCUT2D eigenvalue weighted by atomic mass is 16.5. The van der Waals surface area contributed by atoms with Gasteiger partial charge >= 0.3 is 5.97 Å². The van der Waals surface area contributed by atoms with E-state index in [1.54, 1.807) is 30.3 Å². The standard InChI is InChI=1S/C24H31N3O4/c1-13-12-24(4,31-21-15(3)14(2)20(28)11-19(13)21)10-9-18(22(29)30)16-5-7-17(8-6-16)27-23(25)26/h5-8,11,13,18,28H,9-10,12H2,1-4H3,(H,29,30)(H4,25,26,27). The van der Waals surface area contributed by atoms with Crippen LogP contribution in [0.15, 0.2) is 35.3 Å². The van der Waals surface area contributed by atoms with E-state index in [1.165, 1.54) is 0 Å². The van der Waals surface area contributed by atoms with Crippen LogP contribution in [-0.2, 0) is 4.79 Å². The summed E-state index contributed by atoms with van der Waals surface area (Å²) in [5, 5.41) is 20.0. The van der Waals surface area contributed by atoms with Gasteiger partial charge in [-0.05, 0) is 80.8 Å². The van der Waals surface area contributed by atoms with Crippen LogP contribution in [0.25, 0.3) is 0 Å². The Labute approximate surface area is 182 Å². The van der Waals surface area contributed by atoms with Gasteiger partial charge in [-0.15, -0.1) is 0 Å². The summed E-state index contributed by atoms with van der Waals surface area (Å²) in [6.45, 7) is 7.97. The Morgan fingerprint density at radius 1 is 1.26 bits per heavy atom. The number of guanidine groups is 1. The van der Waals surface area contributed by atoms with Crippen LogP contribution < -0.4 is 16.2 Å². The molecule has 0 saturated carbocycles. The average molecular weight is 426 g/mol. The number of aliphatic carboxylic acids is 1. The number of aliphatic imine (C=N–C) groups is 1. The summed E-state index contributed by atoms with van der Waals surface area (Å²) in [6.07, 6.45) is 1.77. The highest BCUT2D eigenvalue weighted by Gasteiger charge is 2.38. The molecule has 0 fully saturated rings. The molecule has 31 heavy (non-hydrogen) atoms. The molecule has 3 atom stereocenters. The monoisotopic (exact) mass is 425 g/mol. The van der Waals surface area contributed by atoms with Crippen molar-refractivity contribution in [2.24, 2.45) is 16.5 Å². The van der Waals surface area contributed by atoms with Crippen LogP contribution >= 0.6 is 0 Å². The molecule has 1 heterocycles. The number of hydrogen-bond donors (Lipinski definition) is 4. The van der Waals surface area contributed by atoms with Gasteiger partial charge in [0.05, 0.1) is 11.6 Å². The molecule has 0 radical (unpaired) electrons. The van der Waals surface area contributed by atoms with Crippen molar-refractivity contribution in [3.8, 4) is 11.5 Å². The molecule has 0 bridgehead atoms. The Morgan fingerprint density at radius 3 is 2.48 bits per heavy atom. The van der Waals surface area contributed by atoms with E-state index in [4.69, 9.17) is 16.2 Å². The number of nitrogens with zero attached hydrogens (tertiary/aromatic N) is 1. The normalized spacial score (nSPS) is 21.0. The van der Waals surface area contributed by atoms with E-state index in [2.05, 4.69) is 11.9 Å². The maximum absolute atomic E-state index is 12.0. The molecule has 0 aliphatic carbocycles. The predicted octanol–water partition coefficient (Wildman–Crippen LogP) is 4.21. The number of hydrogen-bond acceptors (Lipinski definition) is 4. The van der Waals surface area contributed by atoms with Crippen LogP contribution in [0.3, 0.4) is 0 Å². The van der Waals surface area contributed by atoms with Gasteiger partial charge in [0.15, 0.2) is 5.96 Å². The number of carboxylic acids is 1. The predicted molar refractivity (Wildman–Crippen MR) is 121 cm³/mol. The fourth-order valence-corrected chi connectivity index (χ4v) is 4.41. The first-order valence-corrected chi connectivity index (χ1v) is 10.4. The van der Waals surface area contributed by atoms with Crippen molar-refractivity contribution >= 4 is 17.6 Å². The van der Waals surface area contributed by atoms with Gasteiger partial charge < -0.3 is 26.4 Å². The maximum atomic E-state index is 12.0. The zero-order valence-corrected chi connectivity index (χ0v) is 18.5. The van der Waals surface area contributed by atoms with Gasteiger partial charge in [-0.1, -0.05) is 19.1 Å². The number of nitrogens with two attached hydrogens (primary N) is 2. The fourth-order valence-electron chi connectivity index (χ4n) is 4.41. The molecule has 1 aliphatic heterocycles. The van der Waals surface area contributed by atoms with Gasteiger partial charge in [0.1, 0.15) is 17.1 Å². The third-order valence-electron chi connectivity index (χ3n) is 6.27. The van der Waals surface area contributed by atoms with E-state index < -0.39 is 17.5 Å². The minimum atomic E-state index is -0.876. The first-order valence-electron chi connectivity index (χ1n) is 10.4. The lowest BCUT2D eigenvalue weighted by atomic mass is 9.79. The summed E-state index contributed by atoms with van der Waals surface area (Å²) in [5.41, 5.74) is 14.3. The largest absolute Gasteiger partial charge is 0.508 e. The Bertz CT molecular complexity index is 1010. The lowest BCUT2D eigenvalue weighted by Crippen LogP contribution is -2.38. The SMILES string of the molecule is Cc1c(O)cc2c(c1C)OC(C)(CCC(C(=O)O)c1ccc(N=C(N)N)cc1)CC2C. The van der Waals surface area contributed by atoms with Crippen LogP contribution in [0.5, 0.6) is 11.5 Å². The average Bonchev–Trinajstić information content (AvgIpc) is 2.68. The lowest BCUT2D eigenvalue weighted by Gasteiger charge is -2.40. The molecule has 2 aromatic carbocycles. The van der Waals surface area contributed by atoms with Crippen molar-refractivity contribution in [3.05, 3.63) is 52.6 Å². The zero-order chi connectivity index (χ0) is 22.9. The fraction of sp³-hybridized carbons (Fsp3) is 0.417. The number of carboxylic acid groups (broad SMARTS) is 1. The molecule has 1 aliphatic rings. The Balaban J connectivity index is 1.80. The number of ether oxygens (including phenoxy) is 1. The van der Waals surface area contributed by atoms with E-state index in [9.17, 15) is 15.0 Å². The molecule has 3 unspecified atom stereocenters. The molecule has 6 N–H and O–H groups in total. The second kappa shape index (κ2) is 8.49. The van der Waals surface area contributed by atoms with Gasteiger partial charge in [-0.25, -0.2) is 4.99 Å². The molecule has 2 aromatic rings. The van der Waals surface area contributed by atoms with Crippen molar-refractivity contribution in [1.29, 1.82) is 0 Å². The Kier molecular flexibility index (Phi) is 6.15. The van der Waals surface area contributed by atoms with Crippen molar-refractivity contribution < 1.29 is 19.7 Å². The third kappa shape index (κ3) is 4.76. The van der Waals surface area contributed by atoms with Crippen molar-refractivity contribution in [2.75, 3.05) is 0 Å². The molecule has 3 rings (SSSR count). The number of benzene rings is 2. The van der Waals surface area contributed by atoms with Crippen LogP contribution in [0.2, 0.25) is 0 Å². The molecule has 166 valence electrons. The van der Waals surface area contributed by atoms with E-state index >= 15 is 0 Å². The first-order chi connectivity index (χ1) is 14.5. The van der Waals surface area contributed by atoms with Crippen molar-refractivity contribution in [3.63, 3.8) is 0 Å². The Hall–Kier alpha value is -3.22. The summed E-state index contributed by atoms with van der Waals surface area (Å²) in [7, 11) is 0. The van der Waals surface area contributed by atoms with Crippen molar-refractivity contribution in [1.82, 2.24) is 0 Å². The second-order valence-corrected chi connectivity index (χ2v) is 8.78. The second-order valence-electron chi connectivity index (χ2n) is 8.78. The third-order valence-corrected chi connectivity index (χ3v) is 6.27.